The minimum Gasteiger partial charge on any atom is -0.300 e. The molecule has 0 fully saturated rings. The smallest absolute Gasteiger partial charge is 0.130 e. The Hall–Kier alpha value is -1.22. The van der Waals surface area contributed by atoms with E-state index in [2.05, 4.69) is 23.2 Å². The average Bonchev–Trinajstić information content (AvgIpc) is 2.53. The summed E-state index contributed by atoms with van der Waals surface area (Å²) in [6.45, 7) is 3.64. The Morgan fingerprint density at radius 3 is 3.00 bits per heavy atom. The molecule has 0 N–H and O–H groups in total. The van der Waals surface area contributed by atoms with E-state index in [9.17, 15) is 4.79 Å². The second kappa shape index (κ2) is 4.11. The number of ketones is 1. The molecule has 0 amide bonds. The summed E-state index contributed by atoms with van der Waals surface area (Å²) in [7, 11) is 0. The number of carbonyl (C=O) groups excluding carboxylic acids is 1. The molecular weight excluding hydrogens is 206 g/mol. The van der Waals surface area contributed by atoms with Gasteiger partial charge in [0.2, 0.25) is 0 Å². The van der Waals surface area contributed by atoms with Crippen molar-refractivity contribution in [2.45, 2.75) is 26.7 Å². The predicted octanol–water partition coefficient (Wildman–Crippen LogP) is 3.13. The summed E-state index contributed by atoms with van der Waals surface area (Å²) in [4.78, 5) is 15.3. The highest BCUT2D eigenvalue weighted by molar-refractivity contribution is 7.18. The number of nitrogens with zero attached hydrogens (tertiary/aromatic N) is 1. The monoisotopic (exact) mass is 219 g/mol. The lowest BCUT2D eigenvalue weighted by molar-refractivity contribution is -0.116. The van der Waals surface area contributed by atoms with E-state index < -0.39 is 0 Å². The largest absolute Gasteiger partial charge is 0.300 e. The number of hydrogen-bond acceptors (Lipinski definition) is 3. The molecule has 2 rings (SSSR count). The molecule has 1 aromatic carbocycles. The van der Waals surface area contributed by atoms with E-state index >= 15 is 0 Å². The van der Waals surface area contributed by atoms with Crippen LogP contribution in [0.1, 0.15) is 23.9 Å². The summed E-state index contributed by atoms with van der Waals surface area (Å²) < 4.78 is 1.22. The van der Waals surface area contributed by atoms with Crippen molar-refractivity contribution in [3.8, 4) is 0 Å². The quantitative estimate of drug-likeness (QED) is 0.793. The van der Waals surface area contributed by atoms with E-state index in [0.717, 1.165) is 16.9 Å². The summed E-state index contributed by atoms with van der Waals surface area (Å²) >= 11 is 1.71. The first kappa shape index (κ1) is 10.3. The first-order valence-electron chi connectivity index (χ1n) is 5.00. The van der Waals surface area contributed by atoms with Crippen molar-refractivity contribution in [3.63, 3.8) is 0 Å². The van der Waals surface area contributed by atoms with Gasteiger partial charge in [0.1, 0.15) is 5.78 Å². The van der Waals surface area contributed by atoms with Gasteiger partial charge in [-0.2, -0.15) is 0 Å². The maximum atomic E-state index is 10.9. The fraction of sp³-hybridized carbons (Fsp3) is 0.333. The zero-order chi connectivity index (χ0) is 10.8. The molecule has 0 aliphatic carbocycles. The summed E-state index contributed by atoms with van der Waals surface area (Å²) in [6, 6.07) is 6.26. The normalized spacial score (nSPS) is 10.8. The number of rotatable bonds is 3. The van der Waals surface area contributed by atoms with Crippen molar-refractivity contribution in [1.29, 1.82) is 0 Å². The molecule has 0 spiro atoms. The van der Waals surface area contributed by atoms with Gasteiger partial charge < -0.3 is 4.79 Å². The Morgan fingerprint density at radius 2 is 2.27 bits per heavy atom. The van der Waals surface area contributed by atoms with Gasteiger partial charge >= 0.3 is 0 Å². The van der Waals surface area contributed by atoms with Crippen molar-refractivity contribution in [1.82, 2.24) is 4.98 Å². The second-order valence-corrected chi connectivity index (χ2v) is 4.97. The zero-order valence-electron chi connectivity index (χ0n) is 8.91. The lowest BCUT2D eigenvalue weighted by Crippen LogP contribution is -1.93. The molecule has 0 aliphatic rings. The molecule has 78 valence electrons. The minimum absolute atomic E-state index is 0.240. The Labute approximate surface area is 93.0 Å². The molecule has 15 heavy (non-hydrogen) atoms. The van der Waals surface area contributed by atoms with Crippen molar-refractivity contribution in [3.05, 3.63) is 28.8 Å². The lowest BCUT2D eigenvalue weighted by Gasteiger charge is -1.98. The van der Waals surface area contributed by atoms with Gasteiger partial charge in [-0.05, 0) is 38.0 Å². The molecule has 0 saturated carbocycles. The predicted molar refractivity (Wildman–Crippen MR) is 63.4 cm³/mol. The zero-order valence-corrected chi connectivity index (χ0v) is 9.73. The van der Waals surface area contributed by atoms with Crippen LogP contribution in [0.4, 0.5) is 0 Å². The molecule has 0 atom stereocenters. The van der Waals surface area contributed by atoms with Crippen LogP contribution in [0, 0.1) is 6.92 Å². The van der Waals surface area contributed by atoms with Gasteiger partial charge in [-0.15, -0.1) is 11.3 Å². The number of hydrogen-bond donors (Lipinski definition) is 0. The number of aromatic nitrogens is 1. The van der Waals surface area contributed by atoms with Crippen molar-refractivity contribution >= 4 is 27.3 Å². The molecule has 0 saturated heterocycles. The summed E-state index contributed by atoms with van der Waals surface area (Å²) in [5.74, 6) is 0.240. The Kier molecular flexibility index (Phi) is 2.82. The Balaban J connectivity index is 2.26. The molecule has 0 bridgehead atoms. The van der Waals surface area contributed by atoms with E-state index in [1.807, 2.05) is 6.92 Å². The van der Waals surface area contributed by atoms with Crippen molar-refractivity contribution in [2.24, 2.45) is 0 Å². The van der Waals surface area contributed by atoms with Gasteiger partial charge in [-0.3, -0.25) is 0 Å². The Morgan fingerprint density at radius 1 is 1.47 bits per heavy atom. The molecule has 0 radical (unpaired) electrons. The van der Waals surface area contributed by atoms with E-state index in [4.69, 9.17) is 0 Å². The maximum Gasteiger partial charge on any atom is 0.130 e. The second-order valence-electron chi connectivity index (χ2n) is 3.74. The highest BCUT2D eigenvalue weighted by Crippen LogP contribution is 2.22. The van der Waals surface area contributed by atoms with Gasteiger partial charge in [-0.25, -0.2) is 4.98 Å². The van der Waals surface area contributed by atoms with Gasteiger partial charge in [0, 0.05) is 6.42 Å². The molecule has 0 unspecified atom stereocenters. The maximum absolute atomic E-state index is 10.9. The van der Waals surface area contributed by atoms with E-state index in [1.54, 1.807) is 18.3 Å². The Bertz CT molecular complexity index is 501. The van der Waals surface area contributed by atoms with Gasteiger partial charge in [0.05, 0.1) is 15.2 Å². The van der Waals surface area contributed by atoms with Crippen molar-refractivity contribution in [2.75, 3.05) is 0 Å². The number of benzene rings is 1. The van der Waals surface area contributed by atoms with Crippen LogP contribution in [0.25, 0.3) is 10.2 Å². The van der Waals surface area contributed by atoms with Crippen LogP contribution in [0.5, 0.6) is 0 Å². The number of thiazole rings is 1. The van der Waals surface area contributed by atoms with Crippen LogP contribution < -0.4 is 0 Å². The number of aryl methyl sites for hydroxylation is 2. The number of Topliss-reactive ketones (excluding diaryl/α,β-unsaturated/α-hetero) is 1. The third-order valence-corrected chi connectivity index (χ3v) is 3.28. The summed E-state index contributed by atoms with van der Waals surface area (Å²) in [6.07, 6.45) is 1.44. The van der Waals surface area contributed by atoms with Gasteiger partial charge in [-0.1, -0.05) is 6.07 Å². The third kappa shape index (κ3) is 2.42. The first-order chi connectivity index (χ1) is 7.15. The van der Waals surface area contributed by atoms with Gasteiger partial charge in [0.25, 0.3) is 0 Å². The van der Waals surface area contributed by atoms with E-state index in [0.29, 0.717) is 6.42 Å². The van der Waals surface area contributed by atoms with E-state index in [1.165, 1.54) is 10.3 Å². The topological polar surface area (TPSA) is 30.0 Å². The summed E-state index contributed by atoms with van der Waals surface area (Å²) in [5.41, 5.74) is 2.25. The standard InChI is InChI=1S/C12H13NOS/c1-8(14)3-4-10-5-6-12-11(7-10)13-9(2)15-12/h5-7H,3-4H2,1-2H3. The molecule has 2 aromatic rings. The highest BCUT2D eigenvalue weighted by Gasteiger charge is 2.02. The molecule has 1 aromatic heterocycles. The fourth-order valence-corrected chi connectivity index (χ4v) is 2.37. The molecule has 3 heteroatoms. The third-order valence-electron chi connectivity index (χ3n) is 2.32. The van der Waals surface area contributed by atoms with Crippen LogP contribution in [-0.2, 0) is 11.2 Å². The lowest BCUT2D eigenvalue weighted by atomic mass is 10.1. The number of fused-ring (bicyclic) bond motifs is 1. The molecule has 1 heterocycles. The van der Waals surface area contributed by atoms with Crippen LogP contribution in [0.3, 0.4) is 0 Å². The van der Waals surface area contributed by atoms with Crippen LogP contribution >= 0.6 is 11.3 Å². The van der Waals surface area contributed by atoms with Crippen LogP contribution in [-0.4, -0.2) is 10.8 Å². The minimum atomic E-state index is 0.240. The average molecular weight is 219 g/mol. The van der Waals surface area contributed by atoms with Gasteiger partial charge in [0.15, 0.2) is 0 Å². The molecule has 0 aliphatic heterocycles. The van der Waals surface area contributed by atoms with Crippen molar-refractivity contribution < 1.29 is 4.79 Å². The first-order valence-corrected chi connectivity index (χ1v) is 5.82. The highest BCUT2D eigenvalue weighted by atomic mass is 32.1. The molecule has 2 nitrogen and oxygen atoms in total. The molecular formula is C12H13NOS. The fourth-order valence-electron chi connectivity index (χ4n) is 1.56. The van der Waals surface area contributed by atoms with Crippen LogP contribution in [0.15, 0.2) is 18.2 Å². The summed E-state index contributed by atoms with van der Waals surface area (Å²) in [5, 5.41) is 1.09. The van der Waals surface area contributed by atoms with E-state index in [-0.39, 0.29) is 5.78 Å². The number of carbonyl (C=O) groups is 1. The van der Waals surface area contributed by atoms with Crippen LogP contribution in [0.2, 0.25) is 0 Å². The SMILES string of the molecule is CC(=O)CCc1ccc2sc(C)nc2c1.